The summed E-state index contributed by atoms with van der Waals surface area (Å²) in [5.74, 6) is 0.0185. The zero-order chi connectivity index (χ0) is 11.3. The fourth-order valence-corrected chi connectivity index (χ4v) is 1.13. The van der Waals surface area contributed by atoms with Gasteiger partial charge in [0.1, 0.15) is 11.8 Å². The van der Waals surface area contributed by atoms with Gasteiger partial charge in [-0.15, -0.1) is 0 Å². The van der Waals surface area contributed by atoms with Crippen molar-refractivity contribution in [2.75, 3.05) is 13.7 Å². The van der Waals surface area contributed by atoms with E-state index in [1.807, 2.05) is 6.07 Å². The number of hydrogen-bond acceptors (Lipinski definition) is 4. The minimum Gasteiger partial charge on any atom is -0.497 e. The topological polar surface area (TPSA) is 59.3 Å². The highest BCUT2D eigenvalue weighted by Gasteiger charge is 2.13. The van der Waals surface area contributed by atoms with Gasteiger partial charge in [-0.05, 0) is 25.1 Å². The first-order chi connectivity index (χ1) is 7.22. The van der Waals surface area contributed by atoms with Gasteiger partial charge in [0.2, 0.25) is 0 Å². The molecule has 0 radical (unpaired) electrons. The van der Waals surface area contributed by atoms with Crippen LogP contribution in [0.1, 0.15) is 22.8 Å². The number of methoxy groups -OCH3 is 1. The molecule has 0 spiro atoms. The molecule has 1 aromatic rings. The van der Waals surface area contributed by atoms with Gasteiger partial charge in [0.25, 0.3) is 0 Å². The third kappa shape index (κ3) is 2.47. The molecule has 78 valence electrons. The van der Waals surface area contributed by atoms with Crippen LogP contribution in [0.25, 0.3) is 0 Å². The van der Waals surface area contributed by atoms with Crippen LogP contribution in [0.4, 0.5) is 0 Å². The average Bonchev–Trinajstić information content (AvgIpc) is 2.28. The number of ether oxygens (including phenoxy) is 2. The first-order valence-electron chi connectivity index (χ1n) is 4.48. The summed E-state index contributed by atoms with van der Waals surface area (Å²) in [5.41, 5.74) is 0.521. The van der Waals surface area contributed by atoms with Gasteiger partial charge in [-0.25, -0.2) is 4.79 Å². The fraction of sp³-hybridized carbons (Fsp3) is 0.273. The van der Waals surface area contributed by atoms with Crippen molar-refractivity contribution in [3.63, 3.8) is 0 Å². The summed E-state index contributed by atoms with van der Waals surface area (Å²) in [4.78, 5) is 11.5. The maximum atomic E-state index is 11.5. The first kappa shape index (κ1) is 11.1. The molecule has 0 atom stereocenters. The largest absolute Gasteiger partial charge is 0.497 e. The Kier molecular flexibility index (Phi) is 3.69. The van der Waals surface area contributed by atoms with Crippen LogP contribution in [0, 0.1) is 11.3 Å². The Morgan fingerprint density at radius 3 is 2.80 bits per heavy atom. The van der Waals surface area contributed by atoms with Crippen LogP contribution >= 0.6 is 0 Å². The summed E-state index contributed by atoms with van der Waals surface area (Å²) in [6, 6.07) is 6.59. The van der Waals surface area contributed by atoms with Crippen molar-refractivity contribution in [2.45, 2.75) is 6.92 Å². The van der Waals surface area contributed by atoms with Crippen LogP contribution in [0.5, 0.6) is 5.75 Å². The highest BCUT2D eigenvalue weighted by molar-refractivity contribution is 5.92. The Hall–Kier alpha value is -2.02. The molecule has 0 amide bonds. The van der Waals surface area contributed by atoms with Crippen LogP contribution in [0.15, 0.2) is 18.2 Å². The maximum absolute atomic E-state index is 11.5. The highest BCUT2D eigenvalue weighted by atomic mass is 16.5. The maximum Gasteiger partial charge on any atom is 0.339 e. The van der Waals surface area contributed by atoms with E-state index in [-0.39, 0.29) is 17.7 Å². The second-order valence-electron chi connectivity index (χ2n) is 2.74. The van der Waals surface area contributed by atoms with E-state index < -0.39 is 5.97 Å². The molecule has 0 saturated carbocycles. The summed E-state index contributed by atoms with van der Waals surface area (Å²) in [6.45, 7) is 1.99. The number of benzene rings is 1. The van der Waals surface area contributed by atoms with Crippen LogP contribution < -0.4 is 4.74 Å². The molecule has 0 N–H and O–H groups in total. The molecule has 0 aliphatic carbocycles. The molecule has 15 heavy (non-hydrogen) atoms. The number of rotatable bonds is 3. The Labute approximate surface area is 88.0 Å². The second kappa shape index (κ2) is 5.01. The van der Waals surface area contributed by atoms with Gasteiger partial charge in [0, 0.05) is 0 Å². The Morgan fingerprint density at radius 2 is 2.27 bits per heavy atom. The van der Waals surface area contributed by atoms with Gasteiger partial charge in [-0.1, -0.05) is 0 Å². The number of carbonyl (C=O) groups excluding carboxylic acids is 1. The lowest BCUT2D eigenvalue weighted by molar-refractivity contribution is 0.0525. The molecule has 0 fully saturated rings. The number of hydrogen-bond donors (Lipinski definition) is 0. The number of carbonyl (C=O) groups is 1. The molecular formula is C11H11NO3. The SMILES string of the molecule is CCOC(=O)c1cc(OC)ccc1C#N. The third-order valence-corrected chi connectivity index (χ3v) is 1.84. The number of nitrogens with zero attached hydrogens (tertiary/aromatic N) is 1. The van der Waals surface area contributed by atoms with E-state index in [4.69, 9.17) is 14.7 Å². The van der Waals surface area contributed by atoms with Crippen molar-refractivity contribution in [2.24, 2.45) is 0 Å². The van der Waals surface area contributed by atoms with Crippen LogP contribution in [-0.2, 0) is 4.74 Å². The van der Waals surface area contributed by atoms with E-state index in [9.17, 15) is 4.79 Å². The molecule has 1 aromatic carbocycles. The minimum absolute atomic E-state index is 0.235. The Balaban J connectivity index is 3.13. The molecule has 0 bridgehead atoms. The van der Waals surface area contributed by atoms with Gasteiger partial charge in [0.05, 0.1) is 24.8 Å². The van der Waals surface area contributed by atoms with Crippen molar-refractivity contribution in [1.29, 1.82) is 5.26 Å². The lowest BCUT2D eigenvalue weighted by Gasteiger charge is -2.05. The van der Waals surface area contributed by atoms with Crippen LogP contribution in [0.3, 0.4) is 0 Å². The van der Waals surface area contributed by atoms with Gasteiger partial charge in [-0.2, -0.15) is 5.26 Å². The number of nitriles is 1. The van der Waals surface area contributed by atoms with E-state index in [1.54, 1.807) is 13.0 Å². The zero-order valence-electron chi connectivity index (χ0n) is 8.61. The predicted molar refractivity (Wildman–Crippen MR) is 53.7 cm³/mol. The summed E-state index contributed by atoms with van der Waals surface area (Å²) in [5, 5.41) is 8.80. The molecular weight excluding hydrogens is 194 g/mol. The molecule has 0 unspecified atom stereocenters. The smallest absolute Gasteiger partial charge is 0.339 e. The van der Waals surface area contributed by atoms with E-state index in [1.165, 1.54) is 19.2 Å². The summed E-state index contributed by atoms with van der Waals surface area (Å²) < 4.78 is 9.79. The second-order valence-corrected chi connectivity index (χ2v) is 2.74. The third-order valence-electron chi connectivity index (χ3n) is 1.84. The molecule has 0 heterocycles. The van der Waals surface area contributed by atoms with Gasteiger partial charge in [-0.3, -0.25) is 0 Å². The first-order valence-corrected chi connectivity index (χ1v) is 4.48. The molecule has 0 aromatic heterocycles. The minimum atomic E-state index is -0.507. The van der Waals surface area contributed by atoms with Crippen LogP contribution in [-0.4, -0.2) is 19.7 Å². The van der Waals surface area contributed by atoms with E-state index >= 15 is 0 Å². The lowest BCUT2D eigenvalue weighted by Crippen LogP contribution is -2.07. The van der Waals surface area contributed by atoms with E-state index in [0.717, 1.165) is 0 Å². The Bertz CT molecular complexity index is 407. The van der Waals surface area contributed by atoms with Crippen LogP contribution in [0.2, 0.25) is 0 Å². The lowest BCUT2D eigenvalue weighted by atomic mass is 10.1. The van der Waals surface area contributed by atoms with Gasteiger partial charge >= 0.3 is 5.97 Å². The summed E-state index contributed by atoms with van der Waals surface area (Å²) >= 11 is 0. The van der Waals surface area contributed by atoms with Crippen molar-refractivity contribution in [3.05, 3.63) is 29.3 Å². The molecule has 0 aliphatic rings. The summed E-state index contributed by atoms with van der Waals surface area (Å²) in [7, 11) is 1.50. The molecule has 1 rings (SSSR count). The van der Waals surface area contributed by atoms with Crippen molar-refractivity contribution < 1.29 is 14.3 Å². The van der Waals surface area contributed by atoms with E-state index in [0.29, 0.717) is 5.75 Å². The molecule has 0 aliphatic heterocycles. The average molecular weight is 205 g/mol. The van der Waals surface area contributed by atoms with Crippen molar-refractivity contribution in [3.8, 4) is 11.8 Å². The standard InChI is InChI=1S/C11H11NO3/c1-3-15-11(13)10-6-9(14-2)5-4-8(10)7-12/h4-6H,3H2,1-2H3. The van der Waals surface area contributed by atoms with Crippen molar-refractivity contribution in [1.82, 2.24) is 0 Å². The zero-order valence-corrected chi connectivity index (χ0v) is 8.61. The normalized spacial score (nSPS) is 9.13. The predicted octanol–water partition coefficient (Wildman–Crippen LogP) is 1.74. The van der Waals surface area contributed by atoms with E-state index in [2.05, 4.69) is 0 Å². The fourth-order valence-electron chi connectivity index (χ4n) is 1.13. The Morgan fingerprint density at radius 1 is 1.53 bits per heavy atom. The quantitative estimate of drug-likeness (QED) is 0.705. The van der Waals surface area contributed by atoms with Gasteiger partial charge in [0.15, 0.2) is 0 Å². The molecule has 4 nitrogen and oxygen atoms in total. The summed E-state index contributed by atoms with van der Waals surface area (Å²) in [6.07, 6.45) is 0. The highest BCUT2D eigenvalue weighted by Crippen LogP contribution is 2.17. The molecule has 4 heteroatoms. The van der Waals surface area contributed by atoms with Crippen molar-refractivity contribution >= 4 is 5.97 Å². The number of esters is 1. The van der Waals surface area contributed by atoms with Gasteiger partial charge < -0.3 is 9.47 Å². The monoisotopic (exact) mass is 205 g/mol. The molecule has 0 saturated heterocycles.